The van der Waals surface area contributed by atoms with Crippen molar-refractivity contribution >= 4 is 6.09 Å². The lowest BCUT2D eigenvalue weighted by molar-refractivity contribution is 0.0187. The van der Waals surface area contributed by atoms with Crippen LogP contribution in [0, 0.1) is 0 Å². The zero-order chi connectivity index (χ0) is 12.3. The van der Waals surface area contributed by atoms with Crippen LogP contribution in [0.25, 0.3) is 0 Å². The van der Waals surface area contributed by atoms with Gasteiger partial charge in [0.2, 0.25) is 0 Å². The molecule has 5 nitrogen and oxygen atoms in total. The van der Waals surface area contributed by atoms with E-state index >= 15 is 0 Å². The van der Waals surface area contributed by atoms with Gasteiger partial charge in [-0.05, 0) is 33.6 Å². The maximum Gasteiger partial charge on any atom is 0.410 e. The summed E-state index contributed by atoms with van der Waals surface area (Å²) in [6.07, 6.45) is -1.09. The zero-order valence-corrected chi connectivity index (χ0v) is 10.1. The lowest BCUT2D eigenvalue weighted by atomic mass is 10.1. The van der Waals surface area contributed by atoms with E-state index in [4.69, 9.17) is 4.74 Å². The number of hydrogen-bond donors (Lipinski definition) is 2. The molecule has 0 aliphatic carbocycles. The van der Waals surface area contributed by atoms with Gasteiger partial charge >= 0.3 is 6.09 Å². The minimum Gasteiger partial charge on any atom is -0.444 e. The molecule has 1 aliphatic rings. The Bertz CT molecular complexity index is 237. The van der Waals surface area contributed by atoms with Gasteiger partial charge in [-0.1, -0.05) is 0 Å². The molecule has 2 N–H and O–H groups in total. The molecule has 0 spiro atoms. The molecule has 0 unspecified atom stereocenters. The molecule has 0 aromatic heterocycles. The monoisotopic (exact) mass is 231 g/mol. The predicted octanol–water partition coefficient (Wildman–Crippen LogP) is 0.739. The van der Waals surface area contributed by atoms with E-state index in [1.807, 2.05) is 20.8 Å². The van der Waals surface area contributed by atoms with Crippen LogP contribution >= 0.6 is 0 Å². The molecule has 1 heterocycles. The predicted molar refractivity (Wildman–Crippen MR) is 59.1 cm³/mol. The second-order valence-electron chi connectivity index (χ2n) is 5.18. The third kappa shape index (κ3) is 3.98. The van der Waals surface area contributed by atoms with Crippen LogP contribution in [0.15, 0.2) is 0 Å². The summed E-state index contributed by atoms with van der Waals surface area (Å²) in [7, 11) is 0. The quantitative estimate of drug-likeness (QED) is 0.645. The zero-order valence-electron chi connectivity index (χ0n) is 10.1. The third-order valence-corrected chi connectivity index (χ3v) is 2.49. The highest BCUT2D eigenvalue weighted by Gasteiger charge is 2.28. The molecule has 0 radical (unpaired) electrons. The summed E-state index contributed by atoms with van der Waals surface area (Å²) >= 11 is 0. The second kappa shape index (κ2) is 5.01. The number of hydrogen-bond acceptors (Lipinski definition) is 4. The van der Waals surface area contributed by atoms with Crippen molar-refractivity contribution in [2.24, 2.45) is 0 Å². The molecular formula is C11H21NO4. The van der Waals surface area contributed by atoms with Crippen molar-refractivity contribution in [2.45, 2.75) is 51.4 Å². The van der Waals surface area contributed by atoms with Gasteiger partial charge in [0.1, 0.15) is 5.60 Å². The Balaban J connectivity index is 2.51. The van der Waals surface area contributed by atoms with Gasteiger partial charge in [-0.25, -0.2) is 4.79 Å². The molecule has 16 heavy (non-hydrogen) atoms. The van der Waals surface area contributed by atoms with E-state index in [1.165, 1.54) is 4.90 Å². The molecule has 1 saturated heterocycles. The number of ether oxygens (including phenoxy) is 1. The van der Waals surface area contributed by atoms with E-state index in [9.17, 15) is 15.0 Å². The Morgan fingerprint density at radius 1 is 1.19 bits per heavy atom. The number of carbonyl (C=O) groups excluding carboxylic acids is 1. The van der Waals surface area contributed by atoms with E-state index in [1.54, 1.807) is 0 Å². The molecule has 0 aromatic rings. The van der Waals surface area contributed by atoms with E-state index in [0.717, 1.165) is 0 Å². The summed E-state index contributed by atoms with van der Waals surface area (Å²) in [6, 6.07) is 0. The molecule has 1 amide bonds. The number of aliphatic hydroxyl groups excluding tert-OH is 2. The number of aliphatic hydroxyl groups is 2. The van der Waals surface area contributed by atoms with Crippen molar-refractivity contribution in [1.82, 2.24) is 4.90 Å². The average molecular weight is 231 g/mol. The van der Waals surface area contributed by atoms with Crippen molar-refractivity contribution in [3.05, 3.63) is 0 Å². The van der Waals surface area contributed by atoms with Gasteiger partial charge in [0.25, 0.3) is 0 Å². The Morgan fingerprint density at radius 2 is 1.62 bits per heavy atom. The molecule has 0 bridgehead atoms. The van der Waals surface area contributed by atoms with E-state index in [2.05, 4.69) is 0 Å². The average Bonchev–Trinajstić information content (AvgIpc) is 2.28. The summed E-state index contributed by atoms with van der Waals surface area (Å²) in [6.45, 7) is 6.28. The maximum atomic E-state index is 11.7. The third-order valence-electron chi connectivity index (χ3n) is 2.49. The van der Waals surface area contributed by atoms with Gasteiger partial charge in [0, 0.05) is 13.1 Å². The Kier molecular flexibility index (Phi) is 4.15. The molecule has 2 atom stereocenters. The Hall–Kier alpha value is -0.810. The fourth-order valence-electron chi connectivity index (χ4n) is 1.58. The molecule has 1 aliphatic heterocycles. The molecule has 0 aromatic carbocycles. The topological polar surface area (TPSA) is 70.0 Å². The lowest BCUT2D eigenvalue weighted by Gasteiger charge is -2.26. The van der Waals surface area contributed by atoms with Crippen molar-refractivity contribution in [3.63, 3.8) is 0 Å². The number of likely N-dealkylation sites (tertiary alicyclic amines) is 1. The molecule has 0 saturated carbocycles. The van der Waals surface area contributed by atoms with Gasteiger partial charge in [-0.15, -0.1) is 0 Å². The first-order valence-corrected chi connectivity index (χ1v) is 5.63. The fourth-order valence-corrected chi connectivity index (χ4v) is 1.58. The van der Waals surface area contributed by atoms with Crippen LogP contribution in [-0.4, -0.2) is 52.1 Å². The summed E-state index contributed by atoms with van der Waals surface area (Å²) in [4.78, 5) is 13.3. The van der Waals surface area contributed by atoms with E-state index in [0.29, 0.717) is 25.9 Å². The van der Waals surface area contributed by atoms with Crippen LogP contribution in [-0.2, 0) is 4.74 Å². The minimum absolute atomic E-state index is 0.381. The number of amides is 1. The van der Waals surface area contributed by atoms with Gasteiger partial charge in [0.15, 0.2) is 0 Å². The highest BCUT2D eigenvalue weighted by molar-refractivity contribution is 5.68. The fraction of sp³-hybridized carbons (Fsp3) is 0.909. The molecule has 1 rings (SSSR count). The van der Waals surface area contributed by atoms with Crippen LogP contribution in [0.1, 0.15) is 33.6 Å². The second-order valence-corrected chi connectivity index (χ2v) is 5.18. The van der Waals surface area contributed by atoms with Crippen molar-refractivity contribution < 1.29 is 19.7 Å². The largest absolute Gasteiger partial charge is 0.444 e. The molecular weight excluding hydrogens is 210 g/mol. The molecule has 94 valence electrons. The Labute approximate surface area is 96.0 Å². The van der Waals surface area contributed by atoms with Gasteiger partial charge in [-0.2, -0.15) is 0 Å². The highest BCUT2D eigenvalue weighted by Crippen LogP contribution is 2.15. The highest BCUT2D eigenvalue weighted by atomic mass is 16.6. The van der Waals surface area contributed by atoms with Crippen LogP contribution in [0.5, 0.6) is 0 Å². The molecule has 1 fully saturated rings. The number of nitrogens with zero attached hydrogens (tertiary/aromatic N) is 1. The molecule has 5 heteroatoms. The van der Waals surface area contributed by atoms with Crippen molar-refractivity contribution in [1.29, 1.82) is 0 Å². The van der Waals surface area contributed by atoms with Gasteiger partial charge in [0.05, 0.1) is 12.2 Å². The van der Waals surface area contributed by atoms with E-state index in [-0.39, 0.29) is 6.09 Å². The minimum atomic E-state index is -0.743. The summed E-state index contributed by atoms with van der Waals surface area (Å²) in [5, 5.41) is 18.9. The standard InChI is InChI=1S/C11H21NO4/c1-11(2,3)16-10(15)12-6-4-8(13)9(14)5-7-12/h8-9,13-14H,4-7H2,1-3H3/t8-,9+. The summed E-state index contributed by atoms with van der Waals surface area (Å²) in [5.74, 6) is 0. The van der Waals surface area contributed by atoms with Crippen LogP contribution in [0.4, 0.5) is 4.79 Å². The van der Waals surface area contributed by atoms with Crippen molar-refractivity contribution in [2.75, 3.05) is 13.1 Å². The first-order chi connectivity index (χ1) is 7.29. The normalized spacial score (nSPS) is 27.4. The van der Waals surface area contributed by atoms with Crippen LogP contribution in [0.3, 0.4) is 0 Å². The smallest absolute Gasteiger partial charge is 0.410 e. The van der Waals surface area contributed by atoms with Crippen molar-refractivity contribution in [3.8, 4) is 0 Å². The summed E-state index contributed by atoms with van der Waals surface area (Å²) in [5.41, 5.74) is -0.513. The summed E-state index contributed by atoms with van der Waals surface area (Å²) < 4.78 is 5.23. The Morgan fingerprint density at radius 3 is 2.00 bits per heavy atom. The van der Waals surface area contributed by atoms with Crippen LogP contribution < -0.4 is 0 Å². The first-order valence-electron chi connectivity index (χ1n) is 5.63. The SMILES string of the molecule is CC(C)(C)OC(=O)N1CC[C@@H](O)[C@@H](O)CC1. The maximum absolute atomic E-state index is 11.7. The van der Waals surface area contributed by atoms with Gasteiger partial charge in [-0.3, -0.25) is 0 Å². The van der Waals surface area contributed by atoms with Crippen LogP contribution in [0.2, 0.25) is 0 Å². The van der Waals surface area contributed by atoms with Gasteiger partial charge < -0.3 is 19.8 Å². The lowest BCUT2D eigenvalue weighted by Crippen LogP contribution is -2.37. The number of carbonyl (C=O) groups is 1. The first kappa shape index (κ1) is 13.3. The van der Waals surface area contributed by atoms with E-state index < -0.39 is 17.8 Å². The number of rotatable bonds is 0.